The number of nitrogens with one attached hydrogen (secondary N) is 2. The number of hydrogen-bond donors (Lipinski definition) is 3. The van der Waals surface area contributed by atoms with E-state index in [0.717, 1.165) is 41.9 Å². The Kier molecular flexibility index (Phi) is 6.83. The van der Waals surface area contributed by atoms with E-state index in [0.29, 0.717) is 36.8 Å². The zero-order valence-electron chi connectivity index (χ0n) is 19.2. The molecule has 0 bridgehead atoms. The molecule has 0 radical (unpaired) electrons. The molecule has 4 rings (SSSR count). The van der Waals surface area contributed by atoms with Gasteiger partial charge in [-0.25, -0.2) is 9.97 Å². The van der Waals surface area contributed by atoms with Crippen LogP contribution in [0.25, 0.3) is 11.0 Å². The van der Waals surface area contributed by atoms with Crippen molar-refractivity contribution in [1.29, 1.82) is 0 Å². The molecule has 4 heterocycles. The van der Waals surface area contributed by atoms with Crippen molar-refractivity contribution in [3.8, 4) is 0 Å². The predicted octanol–water partition coefficient (Wildman–Crippen LogP) is 2.16. The van der Waals surface area contributed by atoms with Crippen molar-refractivity contribution in [2.45, 2.75) is 46.4 Å². The Hall–Kier alpha value is -2.82. The van der Waals surface area contributed by atoms with Crippen LogP contribution in [0.3, 0.4) is 0 Å². The van der Waals surface area contributed by atoms with E-state index in [9.17, 15) is 5.11 Å². The molecule has 1 aliphatic heterocycles. The summed E-state index contributed by atoms with van der Waals surface area (Å²) in [5.41, 5.74) is 3.29. The standard InChI is InChI=1S/C22H32N8O2/c1-5-32-16(4)18-19-20(30(28-18)10-11-31)21(25-17-12-14(2)6-7-24-17)27-22(26-19)29-9-8-23-15(3)13-29/h6-7,12,15-16,23,31H,5,8-11,13H2,1-4H3,(H,24,25,26,27). The molecule has 0 amide bonds. The number of piperazine rings is 1. The van der Waals surface area contributed by atoms with Gasteiger partial charge < -0.3 is 25.4 Å². The van der Waals surface area contributed by atoms with Gasteiger partial charge in [-0.3, -0.25) is 4.68 Å². The topological polar surface area (TPSA) is 113 Å². The molecule has 3 N–H and O–H groups in total. The number of aryl methyl sites for hydroxylation is 1. The molecule has 32 heavy (non-hydrogen) atoms. The number of nitrogens with zero attached hydrogens (tertiary/aromatic N) is 6. The second-order valence-electron chi connectivity index (χ2n) is 8.14. The number of aliphatic hydroxyl groups is 1. The normalized spacial score (nSPS) is 17.7. The lowest BCUT2D eigenvalue weighted by molar-refractivity contribution is 0.0735. The summed E-state index contributed by atoms with van der Waals surface area (Å²) in [6, 6.07) is 4.26. The average molecular weight is 441 g/mol. The monoisotopic (exact) mass is 440 g/mol. The van der Waals surface area contributed by atoms with E-state index in [1.807, 2.05) is 32.9 Å². The van der Waals surface area contributed by atoms with Crippen LogP contribution in [0.5, 0.6) is 0 Å². The van der Waals surface area contributed by atoms with Crippen LogP contribution in [0.4, 0.5) is 17.6 Å². The van der Waals surface area contributed by atoms with Gasteiger partial charge in [-0.15, -0.1) is 0 Å². The minimum atomic E-state index is -0.239. The van der Waals surface area contributed by atoms with Gasteiger partial charge in [0.1, 0.15) is 28.6 Å². The van der Waals surface area contributed by atoms with E-state index in [1.165, 1.54) is 0 Å². The van der Waals surface area contributed by atoms with Gasteiger partial charge >= 0.3 is 0 Å². The first-order chi connectivity index (χ1) is 15.5. The molecule has 1 aliphatic rings. The molecule has 10 nitrogen and oxygen atoms in total. The van der Waals surface area contributed by atoms with E-state index in [-0.39, 0.29) is 12.7 Å². The van der Waals surface area contributed by atoms with Gasteiger partial charge in [0, 0.05) is 38.5 Å². The second kappa shape index (κ2) is 9.76. The van der Waals surface area contributed by atoms with Crippen LogP contribution in [0, 0.1) is 6.92 Å². The van der Waals surface area contributed by atoms with E-state index in [2.05, 4.69) is 27.4 Å². The fourth-order valence-corrected chi connectivity index (χ4v) is 4.02. The molecule has 0 saturated carbocycles. The molecule has 10 heteroatoms. The molecule has 0 aromatic carbocycles. The van der Waals surface area contributed by atoms with Crippen molar-refractivity contribution >= 4 is 28.6 Å². The van der Waals surface area contributed by atoms with Gasteiger partial charge in [0.25, 0.3) is 0 Å². The maximum Gasteiger partial charge on any atom is 0.228 e. The molecule has 172 valence electrons. The highest BCUT2D eigenvalue weighted by Crippen LogP contribution is 2.32. The van der Waals surface area contributed by atoms with Crippen LogP contribution in [0.1, 0.15) is 38.1 Å². The van der Waals surface area contributed by atoms with Crippen LogP contribution in [0.2, 0.25) is 0 Å². The van der Waals surface area contributed by atoms with Gasteiger partial charge in [-0.2, -0.15) is 10.1 Å². The third-order valence-corrected chi connectivity index (χ3v) is 5.53. The van der Waals surface area contributed by atoms with Gasteiger partial charge in [0.15, 0.2) is 5.82 Å². The summed E-state index contributed by atoms with van der Waals surface area (Å²) in [7, 11) is 0. The Labute approximate surface area is 188 Å². The summed E-state index contributed by atoms with van der Waals surface area (Å²) >= 11 is 0. The number of hydrogen-bond acceptors (Lipinski definition) is 9. The Morgan fingerprint density at radius 3 is 2.94 bits per heavy atom. The summed E-state index contributed by atoms with van der Waals surface area (Å²) in [5, 5.41) is 21.2. The van der Waals surface area contributed by atoms with Crippen LogP contribution in [-0.4, -0.2) is 68.7 Å². The molecule has 1 fully saturated rings. The highest BCUT2D eigenvalue weighted by molar-refractivity contribution is 5.90. The lowest BCUT2D eigenvalue weighted by atomic mass is 10.2. The zero-order chi connectivity index (χ0) is 22.7. The number of rotatable bonds is 8. The molecule has 0 aliphatic carbocycles. The molecule has 3 aromatic heterocycles. The third-order valence-electron chi connectivity index (χ3n) is 5.53. The van der Waals surface area contributed by atoms with Crippen molar-refractivity contribution in [3.05, 3.63) is 29.6 Å². The molecule has 1 saturated heterocycles. The minimum absolute atomic E-state index is 0.0432. The van der Waals surface area contributed by atoms with Crippen molar-refractivity contribution < 1.29 is 9.84 Å². The smallest absolute Gasteiger partial charge is 0.228 e. The van der Waals surface area contributed by atoms with E-state index < -0.39 is 0 Å². The lowest BCUT2D eigenvalue weighted by Gasteiger charge is -2.32. The van der Waals surface area contributed by atoms with E-state index >= 15 is 0 Å². The number of aliphatic hydroxyl groups excluding tert-OH is 1. The Bertz CT molecular complexity index is 1070. The first-order valence-corrected chi connectivity index (χ1v) is 11.2. The number of pyridine rings is 1. The second-order valence-corrected chi connectivity index (χ2v) is 8.14. The number of anilines is 3. The molecule has 2 atom stereocenters. The van der Waals surface area contributed by atoms with Crippen molar-refractivity contribution in [2.24, 2.45) is 0 Å². The molecule has 0 spiro atoms. The third kappa shape index (κ3) is 4.67. The molecular formula is C22H32N8O2. The highest BCUT2D eigenvalue weighted by Gasteiger charge is 2.26. The fraction of sp³-hybridized carbons (Fsp3) is 0.545. The van der Waals surface area contributed by atoms with Crippen molar-refractivity contribution in [2.75, 3.05) is 43.1 Å². The summed E-state index contributed by atoms with van der Waals surface area (Å²) in [6.45, 7) is 11.5. The van der Waals surface area contributed by atoms with Gasteiger partial charge in [-0.1, -0.05) is 0 Å². The maximum atomic E-state index is 9.65. The maximum absolute atomic E-state index is 9.65. The first kappa shape index (κ1) is 22.4. The number of aromatic nitrogens is 5. The van der Waals surface area contributed by atoms with Gasteiger partial charge in [-0.05, 0) is 45.4 Å². The highest BCUT2D eigenvalue weighted by atomic mass is 16.5. The minimum Gasteiger partial charge on any atom is -0.394 e. The van der Waals surface area contributed by atoms with E-state index in [4.69, 9.17) is 19.8 Å². The SMILES string of the molecule is CCOC(C)c1nn(CCO)c2c(Nc3cc(C)ccn3)nc(N3CCNC(C)C3)nc12. The summed E-state index contributed by atoms with van der Waals surface area (Å²) in [5.74, 6) is 1.96. The molecular weight excluding hydrogens is 408 g/mol. The van der Waals surface area contributed by atoms with Crippen molar-refractivity contribution in [3.63, 3.8) is 0 Å². The van der Waals surface area contributed by atoms with Gasteiger partial charge in [0.05, 0.1) is 13.2 Å². The van der Waals surface area contributed by atoms with Crippen LogP contribution >= 0.6 is 0 Å². The lowest BCUT2D eigenvalue weighted by Crippen LogP contribution is -2.49. The van der Waals surface area contributed by atoms with Crippen LogP contribution in [-0.2, 0) is 11.3 Å². The van der Waals surface area contributed by atoms with Gasteiger partial charge in [0.2, 0.25) is 5.95 Å². The Balaban J connectivity index is 1.88. The first-order valence-electron chi connectivity index (χ1n) is 11.2. The summed E-state index contributed by atoms with van der Waals surface area (Å²) < 4.78 is 7.60. The summed E-state index contributed by atoms with van der Waals surface area (Å²) in [4.78, 5) is 16.5. The predicted molar refractivity (Wildman–Crippen MR) is 124 cm³/mol. The van der Waals surface area contributed by atoms with Crippen molar-refractivity contribution in [1.82, 2.24) is 30.0 Å². The number of ether oxygens (including phenoxy) is 1. The molecule has 2 unspecified atom stereocenters. The zero-order valence-corrected chi connectivity index (χ0v) is 19.2. The average Bonchev–Trinajstić information content (AvgIpc) is 3.13. The Morgan fingerprint density at radius 2 is 2.22 bits per heavy atom. The largest absolute Gasteiger partial charge is 0.394 e. The van der Waals surface area contributed by atoms with Crippen LogP contribution in [0.15, 0.2) is 18.3 Å². The number of fused-ring (bicyclic) bond motifs is 1. The molecule has 3 aromatic rings. The quantitative estimate of drug-likeness (QED) is 0.485. The Morgan fingerprint density at radius 1 is 1.38 bits per heavy atom. The van der Waals surface area contributed by atoms with E-state index in [1.54, 1.807) is 10.9 Å². The summed E-state index contributed by atoms with van der Waals surface area (Å²) in [6.07, 6.45) is 1.53. The van der Waals surface area contributed by atoms with Crippen LogP contribution < -0.4 is 15.5 Å². The fourth-order valence-electron chi connectivity index (χ4n) is 4.02.